The first-order valence-corrected chi connectivity index (χ1v) is 10.9. The average molecular weight is 448 g/mol. The van der Waals surface area contributed by atoms with E-state index in [2.05, 4.69) is 10.2 Å². The van der Waals surface area contributed by atoms with Gasteiger partial charge in [-0.2, -0.15) is 5.26 Å². The summed E-state index contributed by atoms with van der Waals surface area (Å²) in [5, 5.41) is 12.5. The monoisotopic (exact) mass is 447 g/mol. The Balaban J connectivity index is 1.97. The first-order chi connectivity index (χ1) is 16.0. The van der Waals surface area contributed by atoms with Gasteiger partial charge in [0, 0.05) is 31.7 Å². The molecule has 2 aromatic carbocycles. The lowest BCUT2D eigenvalue weighted by Gasteiger charge is -2.30. The molecule has 1 aliphatic rings. The van der Waals surface area contributed by atoms with Crippen LogP contribution in [0, 0.1) is 17.1 Å². The largest absolute Gasteiger partial charge is 0.497 e. The van der Waals surface area contributed by atoms with Gasteiger partial charge in [-0.3, -0.25) is 9.36 Å². The van der Waals surface area contributed by atoms with Crippen molar-refractivity contribution in [2.24, 2.45) is 7.05 Å². The number of halogens is 1. The maximum atomic E-state index is 14.6. The fourth-order valence-electron chi connectivity index (χ4n) is 4.30. The number of likely N-dealkylation sites (N-methyl/N-ethyl adjacent to an activating group) is 1. The summed E-state index contributed by atoms with van der Waals surface area (Å²) in [6.07, 6.45) is 0.949. The second-order valence-corrected chi connectivity index (χ2v) is 7.97. The number of nitrogens with one attached hydrogen (secondary N) is 1. The highest BCUT2D eigenvalue weighted by atomic mass is 19.1. The Kier molecular flexibility index (Phi) is 6.43. The van der Waals surface area contributed by atoms with Crippen molar-refractivity contribution in [2.75, 3.05) is 31.6 Å². The molecule has 1 N–H and O–H groups in total. The normalized spacial score (nSPS) is 15.3. The number of ether oxygens (including phenoxy) is 1. The molecule has 0 radical (unpaired) electrons. The van der Waals surface area contributed by atoms with Gasteiger partial charge in [0.1, 0.15) is 17.6 Å². The Morgan fingerprint density at radius 1 is 1.27 bits per heavy atom. The molecule has 3 aromatic rings. The van der Waals surface area contributed by atoms with Crippen LogP contribution in [0.15, 0.2) is 47.3 Å². The van der Waals surface area contributed by atoms with E-state index in [0.717, 1.165) is 19.5 Å². The van der Waals surface area contributed by atoms with Gasteiger partial charge in [-0.25, -0.2) is 9.37 Å². The molecule has 0 aliphatic carbocycles. The Hall–Kier alpha value is -3.70. The number of benzene rings is 2. The molecule has 1 atom stereocenters. The highest BCUT2D eigenvalue weighted by molar-refractivity contribution is 5.81. The molecule has 1 aromatic heterocycles. The molecule has 4 rings (SSSR count). The summed E-state index contributed by atoms with van der Waals surface area (Å²) in [5.74, 6) is 0.553. The SMILES string of the molecule is CCN(c1nc(-c2ccc(C#N)c(F)c2)c(-c2ccc(OC)cc2)c(=O)n1C)C1CCNC1. The third-order valence-electron chi connectivity index (χ3n) is 6.08. The topological polar surface area (TPSA) is 83.2 Å². The zero-order valence-corrected chi connectivity index (χ0v) is 18.9. The van der Waals surface area contributed by atoms with Crippen molar-refractivity contribution < 1.29 is 9.13 Å². The summed E-state index contributed by atoms with van der Waals surface area (Å²) < 4.78 is 21.4. The van der Waals surface area contributed by atoms with E-state index in [9.17, 15) is 9.18 Å². The molecular formula is C25H26FN5O2. The number of anilines is 1. The number of hydrogen-bond donors (Lipinski definition) is 1. The van der Waals surface area contributed by atoms with Gasteiger partial charge in [-0.15, -0.1) is 0 Å². The second kappa shape index (κ2) is 9.43. The molecule has 1 fully saturated rings. The predicted octanol–water partition coefficient (Wildman–Crippen LogP) is 3.32. The van der Waals surface area contributed by atoms with E-state index in [0.29, 0.717) is 40.6 Å². The van der Waals surface area contributed by atoms with Crippen molar-refractivity contribution in [1.29, 1.82) is 5.26 Å². The maximum Gasteiger partial charge on any atom is 0.263 e. The third-order valence-corrected chi connectivity index (χ3v) is 6.08. The van der Waals surface area contributed by atoms with Crippen LogP contribution < -0.4 is 20.5 Å². The van der Waals surface area contributed by atoms with E-state index < -0.39 is 5.82 Å². The molecule has 1 unspecified atom stereocenters. The highest BCUT2D eigenvalue weighted by Gasteiger charge is 2.27. The molecule has 170 valence electrons. The zero-order valence-electron chi connectivity index (χ0n) is 18.9. The summed E-state index contributed by atoms with van der Waals surface area (Å²) in [6.45, 7) is 4.43. The lowest BCUT2D eigenvalue weighted by Crippen LogP contribution is -2.41. The zero-order chi connectivity index (χ0) is 23.5. The van der Waals surface area contributed by atoms with Gasteiger partial charge >= 0.3 is 0 Å². The molecule has 0 saturated carbocycles. The minimum Gasteiger partial charge on any atom is -0.497 e. The first-order valence-electron chi connectivity index (χ1n) is 10.9. The number of hydrogen-bond acceptors (Lipinski definition) is 6. The molecule has 2 heterocycles. The highest BCUT2D eigenvalue weighted by Crippen LogP contribution is 2.32. The van der Waals surface area contributed by atoms with Crippen LogP contribution >= 0.6 is 0 Å². The number of nitriles is 1. The molecule has 33 heavy (non-hydrogen) atoms. The van der Waals surface area contributed by atoms with Gasteiger partial charge in [0.15, 0.2) is 0 Å². The quantitative estimate of drug-likeness (QED) is 0.624. The van der Waals surface area contributed by atoms with Gasteiger partial charge in [0.25, 0.3) is 5.56 Å². The first kappa shape index (κ1) is 22.5. The van der Waals surface area contributed by atoms with E-state index in [1.165, 1.54) is 12.1 Å². The molecule has 0 bridgehead atoms. The minimum atomic E-state index is -0.646. The summed E-state index contributed by atoms with van der Waals surface area (Å²) in [4.78, 5) is 20.7. The van der Waals surface area contributed by atoms with E-state index in [-0.39, 0.29) is 17.2 Å². The Morgan fingerprint density at radius 2 is 2.00 bits per heavy atom. The predicted molar refractivity (Wildman–Crippen MR) is 126 cm³/mol. The lowest BCUT2D eigenvalue weighted by atomic mass is 9.99. The number of aromatic nitrogens is 2. The van der Waals surface area contributed by atoms with Crippen molar-refractivity contribution in [3.05, 3.63) is 64.2 Å². The molecule has 0 amide bonds. The maximum absolute atomic E-state index is 14.6. The summed E-state index contributed by atoms with van der Waals surface area (Å²) in [5.41, 5.74) is 1.56. The molecular weight excluding hydrogens is 421 g/mol. The van der Waals surface area contributed by atoms with Gasteiger partial charge in [-0.1, -0.05) is 18.2 Å². The number of nitrogens with zero attached hydrogens (tertiary/aromatic N) is 4. The van der Waals surface area contributed by atoms with Crippen LogP contribution in [0.4, 0.5) is 10.3 Å². The summed E-state index contributed by atoms with van der Waals surface area (Å²) >= 11 is 0. The van der Waals surface area contributed by atoms with Crippen molar-refractivity contribution >= 4 is 5.95 Å². The van der Waals surface area contributed by atoms with Gasteiger partial charge in [-0.05, 0) is 49.7 Å². The summed E-state index contributed by atoms with van der Waals surface area (Å²) in [6, 6.07) is 13.5. The van der Waals surface area contributed by atoms with Crippen LogP contribution in [0.25, 0.3) is 22.4 Å². The van der Waals surface area contributed by atoms with E-state index in [1.54, 1.807) is 49.1 Å². The van der Waals surface area contributed by atoms with E-state index in [1.807, 2.05) is 13.0 Å². The Bertz CT molecular complexity index is 1260. The molecule has 0 spiro atoms. The smallest absolute Gasteiger partial charge is 0.263 e. The second-order valence-electron chi connectivity index (χ2n) is 7.97. The van der Waals surface area contributed by atoms with Gasteiger partial charge < -0.3 is 15.0 Å². The minimum absolute atomic E-state index is 0.0546. The number of rotatable bonds is 6. The van der Waals surface area contributed by atoms with Crippen molar-refractivity contribution in [2.45, 2.75) is 19.4 Å². The third kappa shape index (κ3) is 4.20. The fraction of sp³-hybridized carbons (Fsp3) is 0.320. The number of methoxy groups -OCH3 is 1. The van der Waals surface area contributed by atoms with Crippen LogP contribution in [-0.2, 0) is 7.05 Å². The standard InChI is InChI=1S/C25H26FN5O2/c1-4-31(19-11-12-28-15-19)25-29-23(17-5-6-18(14-27)21(26)13-17)22(24(32)30(25)2)16-7-9-20(33-3)10-8-16/h5-10,13,19,28H,4,11-12,15H2,1-3H3. The molecule has 1 aliphatic heterocycles. The van der Waals surface area contributed by atoms with E-state index >= 15 is 0 Å². The van der Waals surface area contributed by atoms with Crippen molar-refractivity contribution in [3.8, 4) is 34.2 Å². The van der Waals surface area contributed by atoms with Crippen LogP contribution in [0.3, 0.4) is 0 Å². The average Bonchev–Trinajstić information content (AvgIpc) is 3.37. The van der Waals surface area contributed by atoms with Crippen LogP contribution in [0.1, 0.15) is 18.9 Å². The summed E-state index contributed by atoms with van der Waals surface area (Å²) in [7, 11) is 3.29. The van der Waals surface area contributed by atoms with Gasteiger partial charge in [0.2, 0.25) is 5.95 Å². The van der Waals surface area contributed by atoms with Crippen LogP contribution in [0.5, 0.6) is 5.75 Å². The van der Waals surface area contributed by atoms with Gasteiger partial charge in [0.05, 0.1) is 23.9 Å². The van der Waals surface area contributed by atoms with Crippen LogP contribution in [-0.4, -0.2) is 42.3 Å². The molecule has 8 heteroatoms. The van der Waals surface area contributed by atoms with Crippen molar-refractivity contribution in [3.63, 3.8) is 0 Å². The fourth-order valence-corrected chi connectivity index (χ4v) is 4.30. The molecule has 1 saturated heterocycles. The molecule has 7 nitrogen and oxygen atoms in total. The lowest BCUT2D eigenvalue weighted by molar-refractivity contribution is 0.415. The Morgan fingerprint density at radius 3 is 2.58 bits per heavy atom. The van der Waals surface area contributed by atoms with Crippen LogP contribution in [0.2, 0.25) is 0 Å². The Labute approximate surface area is 192 Å². The van der Waals surface area contributed by atoms with Crippen molar-refractivity contribution in [1.82, 2.24) is 14.9 Å². The van der Waals surface area contributed by atoms with E-state index in [4.69, 9.17) is 15.0 Å².